The number of carbonyl (C=O) groups excluding carboxylic acids is 2. The molecule has 0 saturated carbocycles. The van der Waals surface area contributed by atoms with Gasteiger partial charge in [0.1, 0.15) is 5.75 Å². The molecule has 5 nitrogen and oxygen atoms in total. The molecule has 142 valence electrons. The van der Waals surface area contributed by atoms with Crippen molar-refractivity contribution in [3.63, 3.8) is 0 Å². The summed E-state index contributed by atoms with van der Waals surface area (Å²) >= 11 is 1.55. The normalized spacial score (nSPS) is 14.5. The Morgan fingerprint density at radius 1 is 1.22 bits per heavy atom. The maximum atomic E-state index is 12.8. The molecule has 1 heterocycles. The molecule has 27 heavy (non-hydrogen) atoms. The van der Waals surface area contributed by atoms with Crippen LogP contribution in [0.5, 0.6) is 5.75 Å². The zero-order chi connectivity index (χ0) is 19.4. The maximum absolute atomic E-state index is 12.8. The number of methoxy groups -OCH3 is 1. The van der Waals surface area contributed by atoms with Crippen LogP contribution in [0.25, 0.3) is 0 Å². The van der Waals surface area contributed by atoms with Crippen molar-refractivity contribution in [2.45, 2.75) is 24.3 Å². The van der Waals surface area contributed by atoms with E-state index in [0.717, 1.165) is 21.9 Å². The minimum absolute atomic E-state index is 0.00286. The van der Waals surface area contributed by atoms with Gasteiger partial charge in [0.2, 0.25) is 11.8 Å². The fourth-order valence-electron chi connectivity index (χ4n) is 3.22. The summed E-state index contributed by atoms with van der Waals surface area (Å²) in [6.45, 7) is 2.37. The lowest BCUT2D eigenvalue weighted by atomic mass is 10.1. The Morgan fingerprint density at radius 3 is 2.70 bits per heavy atom. The van der Waals surface area contributed by atoms with Gasteiger partial charge in [0.15, 0.2) is 0 Å². The van der Waals surface area contributed by atoms with Crippen LogP contribution in [-0.4, -0.2) is 43.2 Å². The third-order valence-electron chi connectivity index (χ3n) is 4.92. The van der Waals surface area contributed by atoms with Crippen molar-refractivity contribution in [3.8, 4) is 5.75 Å². The Morgan fingerprint density at radius 2 is 1.93 bits per heavy atom. The average molecular weight is 385 g/mol. The second-order valence-electron chi connectivity index (χ2n) is 6.47. The van der Waals surface area contributed by atoms with Crippen molar-refractivity contribution in [2.75, 3.05) is 31.4 Å². The summed E-state index contributed by atoms with van der Waals surface area (Å²) in [4.78, 5) is 29.6. The number of amides is 2. The third-order valence-corrected chi connectivity index (χ3v) is 5.97. The van der Waals surface area contributed by atoms with Gasteiger partial charge in [-0.1, -0.05) is 30.3 Å². The van der Waals surface area contributed by atoms with Gasteiger partial charge in [-0.25, -0.2) is 0 Å². The van der Waals surface area contributed by atoms with E-state index >= 15 is 0 Å². The monoisotopic (exact) mass is 384 g/mol. The van der Waals surface area contributed by atoms with Crippen molar-refractivity contribution >= 4 is 29.3 Å². The molecule has 2 aromatic rings. The predicted molar refractivity (Wildman–Crippen MR) is 108 cm³/mol. The molecule has 1 aliphatic rings. The zero-order valence-electron chi connectivity index (χ0n) is 15.8. The van der Waals surface area contributed by atoms with Gasteiger partial charge in [0.25, 0.3) is 0 Å². The number of hydrogen-bond acceptors (Lipinski definition) is 4. The van der Waals surface area contributed by atoms with Crippen LogP contribution in [0.3, 0.4) is 0 Å². The van der Waals surface area contributed by atoms with Crippen molar-refractivity contribution in [1.82, 2.24) is 4.90 Å². The number of fused-ring (bicyclic) bond motifs is 1. The van der Waals surface area contributed by atoms with Crippen LogP contribution < -0.4 is 9.64 Å². The van der Waals surface area contributed by atoms with Crippen LogP contribution in [0.4, 0.5) is 5.69 Å². The zero-order valence-corrected chi connectivity index (χ0v) is 16.7. The predicted octanol–water partition coefficient (Wildman–Crippen LogP) is 3.74. The molecule has 1 aliphatic heterocycles. The van der Waals surface area contributed by atoms with Crippen LogP contribution in [0.2, 0.25) is 0 Å². The van der Waals surface area contributed by atoms with Gasteiger partial charge in [-0.3, -0.25) is 9.59 Å². The highest BCUT2D eigenvalue weighted by atomic mass is 32.2. The van der Waals surface area contributed by atoms with Crippen molar-refractivity contribution < 1.29 is 14.3 Å². The molecule has 0 unspecified atom stereocenters. The lowest BCUT2D eigenvalue weighted by Crippen LogP contribution is -2.39. The van der Waals surface area contributed by atoms with E-state index in [1.165, 1.54) is 0 Å². The number of hydrogen-bond donors (Lipinski definition) is 0. The number of carbonyl (C=O) groups is 2. The number of thioether (sulfide) groups is 1. The van der Waals surface area contributed by atoms with Gasteiger partial charge in [-0.05, 0) is 25.1 Å². The lowest BCUT2D eigenvalue weighted by Gasteiger charge is -2.30. The number of benzene rings is 2. The molecule has 0 fully saturated rings. The average Bonchev–Trinajstić information content (AvgIpc) is 2.71. The van der Waals surface area contributed by atoms with Gasteiger partial charge in [-0.15, -0.1) is 11.8 Å². The smallest absolute Gasteiger partial charge is 0.237 e. The van der Waals surface area contributed by atoms with Crippen LogP contribution in [-0.2, 0) is 9.59 Å². The summed E-state index contributed by atoms with van der Waals surface area (Å²) in [6, 6.07) is 15.4. The van der Waals surface area contributed by atoms with Crippen LogP contribution in [0.15, 0.2) is 53.4 Å². The van der Waals surface area contributed by atoms with Crippen LogP contribution in [0.1, 0.15) is 24.9 Å². The molecule has 0 radical (unpaired) electrons. The molecular formula is C21H24N2O3S. The molecule has 0 aromatic heterocycles. The minimum atomic E-state index is -0.117. The number of anilines is 1. The Kier molecular flexibility index (Phi) is 6.06. The van der Waals surface area contributed by atoms with Gasteiger partial charge >= 0.3 is 0 Å². The highest BCUT2D eigenvalue weighted by Crippen LogP contribution is 2.35. The first-order chi connectivity index (χ1) is 13.0. The summed E-state index contributed by atoms with van der Waals surface area (Å²) in [6.07, 6.45) is 0.279. The Hall–Kier alpha value is -2.47. The Bertz CT molecular complexity index is 840. The Labute approximate surface area is 164 Å². The van der Waals surface area contributed by atoms with Crippen molar-refractivity contribution in [3.05, 3.63) is 54.1 Å². The Balaban J connectivity index is 1.68. The van der Waals surface area contributed by atoms with E-state index in [4.69, 9.17) is 4.74 Å². The highest BCUT2D eigenvalue weighted by molar-refractivity contribution is 8.00. The van der Waals surface area contributed by atoms with Crippen LogP contribution in [0, 0.1) is 0 Å². The summed E-state index contributed by atoms with van der Waals surface area (Å²) < 4.78 is 5.41. The lowest BCUT2D eigenvalue weighted by molar-refractivity contribution is -0.131. The fraction of sp³-hybridized carbons (Fsp3) is 0.333. The quantitative estimate of drug-likeness (QED) is 0.761. The number of rotatable bonds is 6. The second kappa shape index (κ2) is 8.48. The molecule has 6 heteroatoms. The number of ether oxygens (including phenoxy) is 1. The number of nitrogens with zero attached hydrogens (tertiary/aromatic N) is 2. The molecule has 0 saturated heterocycles. The van der Waals surface area contributed by atoms with Crippen molar-refractivity contribution in [2.24, 2.45) is 0 Å². The SMILES string of the molecule is COc1ccccc1[C@@H](C)N(C)C(=O)CCN1C(=O)CSc2ccccc21. The van der Waals surface area contributed by atoms with Gasteiger partial charge in [-0.2, -0.15) is 0 Å². The second-order valence-corrected chi connectivity index (χ2v) is 7.49. The largest absolute Gasteiger partial charge is 0.496 e. The topological polar surface area (TPSA) is 49.9 Å². The highest BCUT2D eigenvalue weighted by Gasteiger charge is 2.26. The molecule has 0 N–H and O–H groups in total. The van der Waals surface area contributed by atoms with Crippen LogP contribution >= 0.6 is 11.8 Å². The van der Waals surface area contributed by atoms with Gasteiger partial charge in [0.05, 0.1) is 24.6 Å². The third kappa shape index (κ3) is 4.11. The minimum Gasteiger partial charge on any atom is -0.496 e. The fourth-order valence-corrected chi connectivity index (χ4v) is 4.15. The molecule has 0 bridgehead atoms. The van der Waals surface area contributed by atoms with Crippen molar-refractivity contribution in [1.29, 1.82) is 0 Å². The van der Waals surface area contributed by atoms with E-state index in [2.05, 4.69) is 0 Å². The first kappa shape index (κ1) is 19.3. The van der Waals surface area contributed by atoms with Gasteiger partial charge < -0.3 is 14.5 Å². The summed E-state index contributed by atoms with van der Waals surface area (Å²) in [7, 11) is 3.42. The first-order valence-corrected chi connectivity index (χ1v) is 9.92. The molecule has 2 amide bonds. The molecular weight excluding hydrogens is 360 g/mol. The van der Waals surface area contributed by atoms with E-state index in [9.17, 15) is 9.59 Å². The molecule has 0 aliphatic carbocycles. The van der Waals surface area contributed by atoms with E-state index in [1.807, 2.05) is 55.5 Å². The first-order valence-electron chi connectivity index (χ1n) is 8.93. The van der Waals surface area contributed by atoms with Gasteiger partial charge in [0, 0.05) is 30.5 Å². The molecule has 2 aromatic carbocycles. The van der Waals surface area contributed by atoms with E-state index in [1.54, 1.807) is 35.7 Å². The summed E-state index contributed by atoms with van der Waals surface area (Å²) in [5.41, 5.74) is 1.86. The van der Waals surface area contributed by atoms with E-state index < -0.39 is 0 Å². The molecule has 1 atom stereocenters. The number of para-hydroxylation sites is 2. The summed E-state index contributed by atoms with van der Waals surface area (Å²) in [5.74, 6) is 1.23. The van der Waals surface area contributed by atoms with E-state index in [-0.39, 0.29) is 24.3 Å². The summed E-state index contributed by atoms with van der Waals surface area (Å²) in [5, 5.41) is 0. The van der Waals surface area contributed by atoms with E-state index in [0.29, 0.717) is 12.3 Å². The molecule has 0 spiro atoms. The standard InChI is InChI=1S/C21H24N2O3S/c1-15(16-8-4-6-10-18(16)26-3)22(2)20(24)12-13-23-17-9-5-7-11-19(17)27-14-21(23)25/h4-11,15H,12-14H2,1-3H3/t15-/m1/s1. The maximum Gasteiger partial charge on any atom is 0.237 e. The molecule has 3 rings (SSSR count).